The van der Waals surface area contributed by atoms with Crippen molar-refractivity contribution in [3.63, 3.8) is 0 Å². The average Bonchev–Trinajstić information content (AvgIpc) is 2.38. The van der Waals surface area contributed by atoms with Gasteiger partial charge in [0.05, 0.1) is 17.9 Å². The van der Waals surface area contributed by atoms with Gasteiger partial charge in [0.15, 0.2) is 14.9 Å². The van der Waals surface area contributed by atoms with Crippen molar-refractivity contribution in [2.75, 3.05) is 11.6 Å². The molecule has 112 valence electrons. The third kappa shape index (κ3) is 3.69. The fourth-order valence-corrected chi connectivity index (χ4v) is 2.46. The molecule has 7 heteroatoms. The first kappa shape index (κ1) is 15.2. The van der Waals surface area contributed by atoms with E-state index in [1.807, 2.05) is 0 Å². The van der Waals surface area contributed by atoms with E-state index in [9.17, 15) is 17.9 Å². The van der Waals surface area contributed by atoms with Gasteiger partial charge in [-0.2, -0.15) is 0 Å². The zero-order chi connectivity index (χ0) is 15.6. The van der Waals surface area contributed by atoms with Crippen molar-refractivity contribution >= 4 is 15.5 Å². The molecule has 0 aliphatic heterocycles. The Kier molecular flexibility index (Phi) is 4.13. The minimum Gasteiger partial charge on any atom is -0.507 e. The van der Waals surface area contributed by atoms with E-state index in [1.54, 1.807) is 13.0 Å². The molecule has 5 nitrogen and oxygen atoms in total. The molecule has 0 aliphatic rings. The van der Waals surface area contributed by atoms with Crippen LogP contribution in [-0.4, -0.2) is 24.8 Å². The van der Waals surface area contributed by atoms with Crippen LogP contribution < -0.4 is 5.32 Å². The van der Waals surface area contributed by atoms with Crippen LogP contribution in [0.3, 0.4) is 0 Å². The molecule has 2 N–H and O–H groups in total. The van der Waals surface area contributed by atoms with E-state index in [0.717, 1.165) is 12.3 Å². The van der Waals surface area contributed by atoms with Gasteiger partial charge in [-0.05, 0) is 25.1 Å². The van der Waals surface area contributed by atoms with Gasteiger partial charge in [0, 0.05) is 17.9 Å². The Bertz CT molecular complexity index is 745. The van der Waals surface area contributed by atoms with Crippen LogP contribution >= 0.6 is 0 Å². The molecule has 0 aliphatic carbocycles. The number of anilines is 1. The molecule has 0 saturated carbocycles. The van der Waals surface area contributed by atoms with Crippen LogP contribution in [0.2, 0.25) is 0 Å². The van der Waals surface area contributed by atoms with E-state index in [1.165, 1.54) is 24.4 Å². The minimum atomic E-state index is -3.33. The monoisotopic (exact) mass is 310 g/mol. The highest BCUT2D eigenvalue weighted by atomic mass is 32.2. The number of rotatable bonds is 4. The lowest BCUT2D eigenvalue weighted by molar-refractivity contribution is 0.459. The highest BCUT2D eigenvalue weighted by Gasteiger charge is 2.12. The number of nitrogens with zero attached hydrogens (tertiary/aromatic N) is 1. The standard InChI is InChI=1S/C14H15FN2O3S/c1-9(12-5-3-10(15)7-13(12)18)17-11-4-6-14(16-8-11)21(2,19)20/h3-9,17-18H,1-2H3. The van der Waals surface area contributed by atoms with Crippen LogP contribution in [0.1, 0.15) is 18.5 Å². The lowest BCUT2D eigenvalue weighted by atomic mass is 10.1. The van der Waals surface area contributed by atoms with Crippen LogP contribution in [0.4, 0.5) is 10.1 Å². The molecule has 1 aromatic heterocycles. The second-order valence-electron chi connectivity index (χ2n) is 4.73. The molecule has 1 heterocycles. The number of sulfone groups is 1. The van der Waals surface area contributed by atoms with Crippen molar-refractivity contribution < 1.29 is 17.9 Å². The molecular weight excluding hydrogens is 295 g/mol. The predicted octanol–water partition coefficient (Wildman–Crippen LogP) is 2.50. The first-order valence-electron chi connectivity index (χ1n) is 6.18. The SMILES string of the molecule is CC(Nc1ccc(S(C)(=O)=O)nc1)c1ccc(F)cc1O. The predicted molar refractivity (Wildman–Crippen MR) is 77.4 cm³/mol. The molecule has 0 radical (unpaired) electrons. The summed E-state index contributed by atoms with van der Waals surface area (Å²) in [5.74, 6) is -0.654. The Morgan fingerprint density at radius 2 is 2.00 bits per heavy atom. The number of phenolic OH excluding ortho intramolecular Hbond substituents is 1. The maximum atomic E-state index is 12.9. The van der Waals surface area contributed by atoms with Crippen LogP contribution in [0.25, 0.3) is 0 Å². The summed E-state index contributed by atoms with van der Waals surface area (Å²) in [6.45, 7) is 1.79. The second kappa shape index (κ2) is 5.69. The van der Waals surface area contributed by atoms with E-state index >= 15 is 0 Å². The molecule has 0 fully saturated rings. The summed E-state index contributed by atoms with van der Waals surface area (Å²) >= 11 is 0. The summed E-state index contributed by atoms with van der Waals surface area (Å²) in [5, 5.41) is 12.8. The first-order valence-corrected chi connectivity index (χ1v) is 8.07. The van der Waals surface area contributed by atoms with Gasteiger partial charge in [0.2, 0.25) is 0 Å². The molecule has 1 aromatic carbocycles. The van der Waals surface area contributed by atoms with Gasteiger partial charge >= 0.3 is 0 Å². The fourth-order valence-electron chi connectivity index (χ4n) is 1.90. The zero-order valence-electron chi connectivity index (χ0n) is 11.5. The highest BCUT2D eigenvalue weighted by molar-refractivity contribution is 7.90. The second-order valence-corrected chi connectivity index (χ2v) is 6.69. The third-order valence-corrected chi connectivity index (χ3v) is 3.96. The quantitative estimate of drug-likeness (QED) is 0.907. The normalized spacial score (nSPS) is 12.9. The van der Waals surface area contributed by atoms with E-state index in [0.29, 0.717) is 11.3 Å². The molecule has 21 heavy (non-hydrogen) atoms. The molecule has 0 amide bonds. The topological polar surface area (TPSA) is 79.3 Å². The van der Waals surface area contributed by atoms with Crippen molar-refractivity contribution in [3.8, 4) is 5.75 Å². The van der Waals surface area contributed by atoms with Gasteiger partial charge in [0.25, 0.3) is 0 Å². The summed E-state index contributed by atoms with van der Waals surface area (Å²) < 4.78 is 35.6. The van der Waals surface area contributed by atoms with Gasteiger partial charge in [-0.1, -0.05) is 6.07 Å². The lowest BCUT2D eigenvalue weighted by Crippen LogP contribution is -2.08. The highest BCUT2D eigenvalue weighted by Crippen LogP contribution is 2.27. The van der Waals surface area contributed by atoms with Crippen molar-refractivity contribution in [2.24, 2.45) is 0 Å². The molecular formula is C14H15FN2O3S. The number of benzene rings is 1. The largest absolute Gasteiger partial charge is 0.507 e. The van der Waals surface area contributed by atoms with Crippen molar-refractivity contribution in [2.45, 2.75) is 18.0 Å². The van der Waals surface area contributed by atoms with Crippen molar-refractivity contribution in [1.29, 1.82) is 0 Å². The Morgan fingerprint density at radius 1 is 1.29 bits per heavy atom. The lowest BCUT2D eigenvalue weighted by Gasteiger charge is -2.16. The Balaban J connectivity index is 2.18. The maximum absolute atomic E-state index is 12.9. The van der Waals surface area contributed by atoms with E-state index < -0.39 is 15.7 Å². The summed E-state index contributed by atoms with van der Waals surface area (Å²) in [4.78, 5) is 3.86. The van der Waals surface area contributed by atoms with Gasteiger partial charge < -0.3 is 10.4 Å². The molecule has 2 aromatic rings. The van der Waals surface area contributed by atoms with Crippen LogP contribution in [0, 0.1) is 5.82 Å². The van der Waals surface area contributed by atoms with Gasteiger partial charge in [-0.25, -0.2) is 17.8 Å². The Labute approximate surface area is 122 Å². The Morgan fingerprint density at radius 3 is 2.52 bits per heavy atom. The van der Waals surface area contributed by atoms with Gasteiger partial charge in [-0.15, -0.1) is 0 Å². The van der Waals surface area contributed by atoms with Crippen molar-refractivity contribution in [1.82, 2.24) is 4.98 Å². The number of hydrogen-bond donors (Lipinski definition) is 2. The van der Waals surface area contributed by atoms with Gasteiger partial charge in [0.1, 0.15) is 11.6 Å². The van der Waals surface area contributed by atoms with Crippen LogP contribution in [-0.2, 0) is 9.84 Å². The molecule has 0 bridgehead atoms. The third-order valence-electron chi connectivity index (χ3n) is 2.96. The van der Waals surface area contributed by atoms with Gasteiger partial charge in [-0.3, -0.25) is 0 Å². The van der Waals surface area contributed by atoms with Crippen LogP contribution in [0.15, 0.2) is 41.6 Å². The van der Waals surface area contributed by atoms with E-state index in [-0.39, 0.29) is 16.8 Å². The zero-order valence-corrected chi connectivity index (χ0v) is 12.4. The number of aromatic hydroxyl groups is 1. The fraction of sp³-hybridized carbons (Fsp3) is 0.214. The van der Waals surface area contributed by atoms with E-state index in [2.05, 4.69) is 10.3 Å². The number of pyridine rings is 1. The summed E-state index contributed by atoms with van der Waals surface area (Å²) in [6.07, 6.45) is 2.48. The minimum absolute atomic E-state index is 0.00895. The number of phenols is 1. The molecule has 1 atom stereocenters. The number of halogens is 1. The summed E-state index contributed by atoms with van der Waals surface area (Å²) in [6, 6.07) is 6.48. The number of nitrogens with one attached hydrogen (secondary N) is 1. The summed E-state index contributed by atoms with van der Waals surface area (Å²) in [5.41, 5.74) is 1.13. The van der Waals surface area contributed by atoms with E-state index in [4.69, 9.17) is 0 Å². The number of hydrogen-bond acceptors (Lipinski definition) is 5. The number of aromatic nitrogens is 1. The maximum Gasteiger partial charge on any atom is 0.192 e. The smallest absolute Gasteiger partial charge is 0.192 e. The first-order chi connectivity index (χ1) is 9.77. The summed E-state index contributed by atoms with van der Waals surface area (Å²) in [7, 11) is -3.33. The van der Waals surface area contributed by atoms with Crippen LogP contribution in [0.5, 0.6) is 5.75 Å². The molecule has 0 spiro atoms. The average molecular weight is 310 g/mol. The molecule has 1 unspecified atom stereocenters. The van der Waals surface area contributed by atoms with Crippen molar-refractivity contribution in [3.05, 3.63) is 47.9 Å². The molecule has 2 rings (SSSR count). The Hall–Kier alpha value is -2.15. The molecule has 0 saturated heterocycles.